The van der Waals surface area contributed by atoms with E-state index in [1.54, 1.807) is 0 Å². The first kappa shape index (κ1) is 21.5. The van der Waals surface area contributed by atoms with Gasteiger partial charge in [-0.15, -0.1) is 0 Å². The van der Waals surface area contributed by atoms with Crippen LogP contribution in [0.5, 0.6) is 0 Å². The predicted octanol–water partition coefficient (Wildman–Crippen LogP) is 6.57. The van der Waals surface area contributed by atoms with Crippen LogP contribution in [0.25, 0.3) is 5.57 Å². The quantitative estimate of drug-likeness (QED) is 0.351. The van der Waals surface area contributed by atoms with Crippen LogP contribution >= 0.6 is 0 Å². The second kappa shape index (κ2) is 7.78. The number of hydrazone groups is 1. The molecule has 1 aromatic carbocycles. The number of aromatic nitrogens is 1. The summed E-state index contributed by atoms with van der Waals surface area (Å²) in [6.07, 6.45) is 9.93. The van der Waals surface area contributed by atoms with Gasteiger partial charge in [-0.1, -0.05) is 52.5 Å². The molecule has 0 amide bonds. The van der Waals surface area contributed by atoms with Crippen LogP contribution in [-0.4, -0.2) is 10.7 Å². The second-order valence-corrected chi connectivity index (χ2v) is 10.5. The molecule has 0 saturated carbocycles. The molecule has 0 bridgehead atoms. The van der Waals surface area contributed by atoms with Crippen LogP contribution < -0.4 is 5.84 Å². The molecule has 0 radical (unpaired) electrons. The van der Waals surface area contributed by atoms with Gasteiger partial charge in [0.05, 0.1) is 5.69 Å². The first-order valence-corrected chi connectivity index (χ1v) is 11.4. The zero-order chi connectivity index (χ0) is 22.4. The smallest absolute Gasteiger partial charge is 0.116 e. The van der Waals surface area contributed by atoms with Gasteiger partial charge in [0, 0.05) is 11.8 Å². The SMILES string of the molecule is C=C1CCCC=C1c1ccc(/C(=N\N)c2cc3c(cc2C)C(C)(C)CCC3(C)C)nc1. The van der Waals surface area contributed by atoms with Gasteiger partial charge >= 0.3 is 0 Å². The molecule has 0 aliphatic heterocycles. The highest BCUT2D eigenvalue weighted by atomic mass is 15.1. The Morgan fingerprint density at radius 1 is 1.06 bits per heavy atom. The third kappa shape index (κ3) is 3.86. The highest BCUT2D eigenvalue weighted by molar-refractivity contribution is 6.12. The van der Waals surface area contributed by atoms with Crippen molar-refractivity contribution in [2.24, 2.45) is 10.9 Å². The molecule has 31 heavy (non-hydrogen) atoms. The molecule has 2 aliphatic rings. The number of aryl methyl sites for hydroxylation is 1. The predicted molar refractivity (Wildman–Crippen MR) is 131 cm³/mol. The number of pyridine rings is 1. The Hall–Kier alpha value is -2.68. The zero-order valence-corrected chi connectivity index (χ0v) is 19.7. The van der Waals surface area contributed by atoms with Gasteiger partial charge in [0.2, 0.25) is 0 Å². The number of benzene rings is 1. The summed E-state index contributed by atoms with van der Waals surface area (Å²) in [6, 6.07) is 8.83. The Morgan fingerprint density at radius 3 is 2.32 bits per heavy atom. The minimum absolute atomic E-state index is 0.137. The lowest BCUT2D eigenvalue weighted by molar-refractivity contribution is 0.331. The van der Waals surface area contributed by atoms with Crippen LogP contribution in [-0.2, 0) is 10.8 Å². The molecule has 0 unspecified atom stereocenters. The third-order valence-electron chi connectivity index (χ3n) is 7.31. The van der Waals surface area contributed by atoms with Crippen LogP contribution in [0, 0.1) is 6.92 Å². The molecule has 0 spiro atoms. The van der Waals surface area contributed by atoms with Gasteiger partial charge < -0.3 is 5.84 Å². The summed E-state index contributed by atoms with van der Waals surface area (Å²) >= 11 is 0. The van der Waals surface area contributed by atoms with Gasteiger partial charge in [0.15, 0.2) is 0 Å². The Kier molecular flexibility index (Phi) is 5.41. The van der Waals surface area contributed by atoms with Crippen molar-refractivity contribution in [1.29, 1.82) is 0 Å². The highest BCUT2D eigenvalue weighted by Crippen LogP contribution is 2.46. The fraction of sp³-hybridized carbons (Fsp3) is 0.429. The summed E-state index contributed by atoms with van der Waals surface area (Å²) in [5.41, 5.74) is 10.6. The van der Waals surface area contributed by atoms with Crippen LogP contribution in [0.4, 0.5) is 0 Å². The molecule has 3 heteroatoms. The topological polar surface area (TPSA) is 51.3 Å². The molecule has 2 N–H and O–H groups in total. The summed E-state index contributed by atoms with van der Waals surface area (Å²) in [4.78, 5) is 4.76. The molecule has 2 aromatic rings. The molecular formula is C28H35N3. The van der Waals surface area contributed by atoms with Crippen molar-refractivity contribution in [3.8, 4) is 0 Å². The van der Waals surface area contributed by atoms with Crippen molar-refractivity contribution in [1.82, 2.24) is 4.98 Å². The average Bonchev–Trinajstić information content (AvgIpc) is 2.74. The molecule has 2 aliphatic carbocycles. The molecule has 0 saturated heterocycles. The fourth-order valence-corrected chi connectivity index (χ4v) is 5.11. The van der Waals surface area contributed by atoms with Crippen LogP contribution in [0.3, 0.4) is 0 Å². The Morgan fingerprint density at radius 2 is 1.74 bits per heavy atom. The van der Waals surface area contributed by atoms with Gasteiger partial charge in [-0.3, -0.25) is 4.98 Å². The zero-order valence-electron chi connectivity index (χ0n) is 19.7. The molecule has 1 aromatic heterocycles. The van der Waals surface area contributed by atoms with Crippen molar-refractivity contribution in [2.75, 3.05) is 0 Å². The second-order valence-electron chi connectivity index (χ2n) is 10.5. The van der Waals surface area contributed by atoms with E-state index >= 15 is 0 Å². The average molecular weight is 414 g/mol. The van der Waals surface area contributed by atoms with Crippen molar-refractivity contribution >= 4 is 11.3 Å². The van der Waals surface area contributed by atoms with E-state index in [1.165, 1.54) is 47.1 Å². The Bertz CT molecular complexity index is 1080. The van der Waals surface area contributed by atoms with Gasteiger partial charge in [0.25, 0.3) is 0 Å². The van der Waals surface area contributed by atoms with Crippen molar-refractivity contribution in [3.05, 3.63) is 82.2 Å². The van der Waals surface area contributed by atoms with Gasteiger partial charge in [-0.2, -0.15) is 5.10 Å². The lowest BCUT2D eigenvalue weighted by atomic mass is 9.62. The first-order chi connectivity index (χ1) is 14.6. The van der Waals surface area contributed by atoms with Crippen LogP contribution in [0.2, 0.25) is 0 Å². The largest absolute Gasteiger partial charge is 0.323 e. The van der Waals surface area contributed by atoms with Crippen LogP contribution in [0.15, 0.2) is 53.8 Å². The molecule has 4 rings (SSSR count). The highest BCUT2D eigenvalue weighted by Gasteiger charge is 2.37. The van der Waals surface area contributed by atoms with E-state index < -0.39 is 0 Å². The number of allylic oxidation sites excluding steroid dienone is 3. The van der Waals surface area contributed by atoms with E-state index in [0.29, 0.717) is 0 Å². The maximum Gasteiger partial charge on any atom is 0.116 e. The van der Waals surface area contributed by atoms with E-state index in [2.05, 4.69) is 70.6 Å². The summed E-state index contributed by atoms with van der Waals surface area (Å²) < 4.78 is 0. The molecule has 162 valence electrons. The first-order valence-electron chi connectivity index (χ1n) is 11.4. The Balaban J connectivity index is 1.75. The molecule has 0 fully saturated rings. The van der Waals surface area contributed by atoms with Gasteiger partial charge in [-0.25, -0.2) is 0 Å². The van der Waals surface area contributed by atoms with Crippen LogP contribution in [0.1, 0.15) is 93.3 Å². The minimum atomic E-state index is 0.137. The maximum atomic E-state index is 5.93. The van der Waals surface area contributed by atoms with E-state index in [1.807, 2.05) is 12.3 Å². The summed E-state index contributed by atoms with van der Waals surface area (Å²) in [5.74, 6) is 5.93. The number of nitrogens with two attached hydrogens (primary N) is 1. The third-order valence-corrected chi connectivity index (χ3v) is 7.31. The maximum absolute atomic E-state index is 5.93. The molecule has 3 nitrogen and oxygen atoms in total. The van der Waals surface area contributed by atoms with Gasteiger partial charge in [0.1, 0.15) is 5.71 Å². The molecule has 0 atom stereocenters. The molecular weight excluding hydrogens is 378 g/mol. The number of rotatable bonds is 3. The molecule has 1 heterocycles. The normalized spacial score (nSPS) is 20.2. The van der Waals surface area contributed by atoms with E-state index in [9.17, 15) is 0 Å². The van der Waals surface area contributed by atoms with E-state index in [4.69, 9.17) is 10.8 Å². The van der Waals surface area contributed by atoms with Crippen molar-refractivity contribution < 1.29 is 0 Å². The van der Waals surface area contributed by atoms with Gasteiger partial charge in [-0.05, 0) is 95.4 Å². The summed E-state index contributed by atoms with van der Waals surface area (Å²) in [6.45, 7) is 15.8. The monoisotopic (exact) mass is 413 g/mol. The van der Waals surface area contributed by atoms with Crippen molar-refractivity contribution in [3.63, 3.8) is 0 Å². The minimum Gasteiger partial charge on any atom is -0.323 e. The number of hydrogen-bond donors (Lipinski definition) is 1. The lowest BCUT2D eigenvalue weighted by Crippen LogP contribution is -2.34. The van der Waals surface area contributed by atoms with E-state index in [0.717, 1.165) is 35.4 Å². The number of hydrogen-bond acceptors (Lipinski definition) is 3. The lowest BCUT2D eigenvalue weighted by Gasteiger charge is -2.42. The standard InChI is InChI=1S/C28H35N3/c1-18-9-7-8-10-21(18)20-11-12-25(30-17-20)26(31-29)22-16-24-23(15-19(22)2)27(3,4)13-14-28(24,5)6/h10-12,15-17H,1,7-9,13-14,29H2,2-6H3/b31-26-. The Labute approximate surface area is 187 Å². The van der Waals surface area contributed by atoms with E-state index in [-0.39, 0.29) is 10.8 Å². The summed E-state index contributed by atoms with van der Waals surface area (Å²) in [5, 5.41) is 4.20. The van der Waals surface area contributed by atoms with Crippen molar-refractivity contribution in [2.45, 2.75) is 77.6 Å². The number of fused-ring (bicyclic) bond motifs is 1. The fourth-order valence-electron chi connectivity index (χ4n) is 5.11. The number of nitrogens with zero attached hydrogens (tertiary/aromatic N) is 2. The summed E-state index contributed by atoms with van der Waals surface area (Å²) in [7, 11) is 0.